The molecular formula is C18H18ClN5O2. The fraction of sp³-hybridized carbons (Fsp3) is 0.222. The van der Waals surface area contributed by atoms with Crippen molar-refractivity contribution >= 4 is 17.5 Å². The Labute approximate surface area is 155 Å². The molecule has 0 aliphatic rings. The summed E-state index contributed by atoms with van der Waals surface area (Å²) < 4.78 is 7.22. The molecule has 3 rings (SSSR count). The summed E-state index contributed by atoms with van der Waals surface area (Å²) >= 11 is 6.03. The Hall–Kier alpha value is -2.93. The van der Waals surface area contributed by atoms with E-state index in [0.29, 0.717) is 29.4 Å². The average Bonchev–Trinajstić information content (AvgIpc) is 3.15. The number of aryl methyl sites for hydroxylation is 2. The van der Waals surface area contributed by atoms with E-state index in [0.717, 1.165) is 16.9 Å². The summed E-state index contributed by atoms with van der Waals surface area (Å²) in [6, 6.07) is 10.9. The van der Waals surface area contributed by atoms with E-state index in [2.05, 4.69) is 20.8 Å². The molecule has 2 aromatic carbocycles. The average molecular weight is 372 g/mol. The van der Waals surface area contributed by atoms with Gasteiger partial charge in [-0.2, -0.15) is 4.68 Å². The second kappa shape index (κ2) is 7.97. The monoisotopic (exact) mass is 371 g/mol. The summed E-state index contributed by atoms with van der Waals surface area (Å²) in [6.07, 6.45) is 1.42. The van der Waals surface area contributed by atoms with Gasteiger partial charge in [0.25, 0.3) is 5.91 Å². The third-order valence-electron chi connectivity index (χ3n) is 3.84. The number of nitrogens with zero attached hydrogens (tertiary/aromatic N) is 4. The molecule has 0 aliphatic carbocycles. The van der Waals surface area contributed by atoms with E-state index in [1.165, 1.54) is 11.0 Å². The van der Waals surface area contributed by atoms with E-state index in [1.807, 2.05) is 32.0 Å². The van der Waals surface area contributed by atoms with Crippen LogP contribution in [0, 0.1) is 13.8 Å². The zero-order chi connectivity index (χ0) is 18.5. The zero-order valence-corrected chi connectivity index (χ0v) is 15.2. The van der Waals surface area contributed by atoms with Crippen molar-refractivity contribution in [3.05, 3.63) is 64.4 Å². The smallest absolute Gasteiger partial charge is 0.253 e. The quantitative estimate of drug-likeness (QED) is 0.674. The highest BCUT2D eigenvalue weighted by molar-refractivity contribution is 6.31. The molecule has 1 aromatic heterocycles. The largest absolute Gasteiger partial charge is 0.491 e. The van der Waals surface area contributed by atoms with Crippen LogP contribution in [0.15, 0.2) is 42.7 Å². The first-order chi connectivity index (χ1) is 12.6. The molecule has 134 valence electrons. The van der Waals surface area contributed by atoms with Gasteiger partial charge in [-0.15, -0.1) is 5.10 Å². The Morgan fingerprint density at radius 3 is 2.69 bits per heavy atom. The fourth-order valence-corrected chi connectivity index (χ4v) is 2.77. The maximum Gasteiger partial charge on any atom is 0.253 e. The molecule has 0 bridgehead atoms. The molecule has 0 saturated carbocycles. The third kappa shape index (κ3) is 4.00. The second-order valence-electron chi connectivity index (χ2n) is 5.74. The molecule has 26 heavy (non-hydrogen) atoms. The van der Waals surface area contributed by atoms with Gasteiger partial charge in [0.15, 0.2) is 0 Å². The highest BCUT2D eigenvalue weighted by atomic mass is 35.5. The van der Waals surface area contributed by atoms with E-state index in [-0.39, 0.29) is 5.91 Å². The van der Waals surface area contributed by atoms with Gasteiger partial charge in [-0.1, -0.05) is 29.8 Å². The number of rotatable bonds is 6. The third-order valence-corrected chi connectivity index (χ3v) is 4.08. The van der Waals surface area contributed by atoms with E-state index in [4.69, 9.17) is 16.3 Å². The Morgan fingerprint density at radius 2 is 2.00 bits per heavy atom. The van der Waals surface area contributed by atoms with Crippen molar-refractivity contribution in [3.63, 3.8) is 0 Å². The summed E-state index contributed by atoms with van der Waals surface area (Å²) in [6.45, 7) is 4.70. The number of hydrogen-bond donors (Lipinski definition) is 1. The zero-order valence-electron chi connectivity index (χ0n) is 14.4. The molecule has 0 unspecified atom stereocenters. The van der Waals surface area contributed by atoms with Gasteiger partial charge < -0.3 is 10.1 Å². The van der Waals surface area contributed by atoms with Crippen molar-refractivity contribution in [3.8, 4) is 11.4 Å². The lowest BCUT2D eigenvalue weighted by Gasteiger charge is -2.13. The minimum Gasteiger partial charge on any atom is -0.491 e. The molecule has 0 fully saturated rings. The van der Waals surface area contributed by atoms with Crippen molar-refractivity contribution in [2.24, 2.45) is 0 Å². The first-order valence-corrected chi connectivity index (χ1v) is 8.44. The molecule has 8 heteroatoms. The normalized spacial score (nSPS) is 10.6. The van der Waals surface area contributed by atoms with Crippen LogP contribution >= 0.6 is 11.6 Å². The number of amides is 1. The molecule has 7 nitrogen and oxygen atoms in total. The van der Waals surface area contributed by atoms with Crippen molar-refractivity contribution < 1.29 is 9.53 Å². The molecule has 0 radical (unpaired) electrons. The number of carbonyl (C=O) groups is 1. The van der Waals surface area contributed by atoms with Crippen LogP contribution in [0.3, 0.4) is 0 Å². The first-order valence-electron chi connectivity index (χ1n) is 8.06. The van der Waals surface area contributed by atoms with E-state index in [9.17, 15) is 4.79 Å². The number of benzene rings is 2. The minimum absolute atomic E-state index is 0.275. The number of carbonyl (C=O) groups excluding carboxylic acids is 1. The van der Waals surface area contributed by atoms with E-state index >= 15 is 0 Å². The van der Waals surface area contributed by atoms with Crippen LogP contribution in [0.25, 0.3) is 5.69 Å². The molecular weight excluding hydrogens is 354 g/mol. The molecule has 1 N–H and O–H groups in total. The van der Waals surface area contributed by atoms with Crippen LogP contribution in [0.4, 0.5) is 0 Å². The molecule has 3 aromatic rings. The Balaban J connectivity index is 1.65. The second-order valence-corrected chi connectivity index (χ2v) is 6.18. The number of nitrogens with one attached hydrogen (secondary N) is 1. The van der Waals surface area contributed by atoms with Crippen LogP contribution in [0.2, 0.25) is 5.02 Å². The summed E-state index contributed by atoms with van der Waals surface area (Å²) in [7, 11) is 0. The van der Waals surface area contributed by atoms with Crippen LogP contribution in [-0.4, -0.2) is 39.3 Å². The lowest BCUT2D eigenvalue weighted by atomic mass is 10.1. The maximum absolute atomic E-state index is 12.6. The minimum atomic E-state index is -0.275. The van der Waals surface area contributed by atoms with Gasteiger partial charge in [0, 0.05) is 5.02 Å². The van der Waals surface area contributed by atoms with Crippen molar-refractivity contribution in [2.45, 2.75) is 13.8 Å². The van der Waals surface area contributed by atoms with Crippen LogP contribution in [0.5, 0.6) is 5.75 Å². The van der Waals surface area contributed by atoms with Gasteiger partial charge in [-0.25, -0.2) is 0 Å². The first kappa shape index (κ1) is 17.9. The van der Waals surface area contributed by atoms with Crippen molar-refractivity contribution in [2.75, 3.05) is 13.2 Å². The summed E-state index contributed by atoms with van der Waals surface area (Å²) in [5.41, 5.74) is 3.06. The number of aromatic nitrogens is 4. The van der Waals surface area contributed by atoms with Gasteiger partial charge in [0.2, 0.25) is 0 Å². The van der Waals surface area contributed by atoms with Gasteiger partial charge >= 0.3 is 0 Å². The van der Waals surface area contributed by atoms with Crippen molar-refractivity contribution in [1.29, 1.82) is 0 Å². The Bertz CT molecular complexity index is 892. The fourth-order valence-electron chi connectivity index (χ4n) is 2.60. The molecule has 0 saturated heterocycles. The van der Waals surface area contributed by atoms with Gasteiger partial charge in [-0.3, -0.25) is 4.79 Å². The molecule has 1 heterocycles. The van der Waals surface area contributed by atoms with Crippen LogP contribution in [-0.2, 0) is 0 Å². The topological polar surface area (TPSA) is 81.9 Å². The number of ether oxygens (including phenoxy) is 1. The summed E-state index contributed by atoms with van der Waals surface area (Å²) in [5, 5.41) is 14.3. The number of halogens is 1. The van der Waals surface area contributed by atoms with Gasteiger partial charge in [-0.05, 0) is 53.6 Å². The molecule has 0 atom stereocenters. The summed E-state index contributed by atoms with van der Waals surface area (Å²) in [5.74, 6) is 0.571. The molecule has 1 amide bonds. The highest BCUT2D eigenvalue weighted by Crippen LogP contribution is 2.22. The lowest BCUT2D eigenvalue weighted by molar-refractivity contribution is 0.0947. The van der Waals surface area contributed by atoms with Crippen molar-refractivity contribution in [1.82, 2.24) is 25.5 Å². The maximum atomic E-state index is 12.6. The molecule has 0 spiro atoms. The van der Waals surface area contributed by atoms with E-state index < -0.39 is 0 Å². The number of hydrogen-bond acceptors (Lipinski definition) is 5. The van der Waals surface area contributed by atoms with Crippen LogP contribution < -0.4 is 10.1 Å². The van der Waals surface area contributed by atoms with Crippen LogP contribution in [0.1, 0.15) is 21.5 Å². The highest BCUT2D eigenvalue weighted by Gasteiger charge is 2.14. The number of tetrazole rings is 1. The van der Waals surface area contributed by atoms with E-state index in [1.54, 1.807) is 18.2 Å². The number of para-hydroxylation sites is 1. The predicted molar refractivity (Wildman–Crippen MR) is 97.9 cm³/mol. The standard InChI is InChI=1S/C18H18ClN5O2/c1-12-4-3-5-13(2)17(12)26-9-8-20-18(25)15-10-14(19)6-7-16(15)24-11-21-22-23-24/h3-7,10-11H,8-9H2,1-2H3,(H,20,25). The predicted octanol–water partition coefficient (Wildman–Crippen LogP) is 2.74. The molecule has 0 aliphatic heterocycles. The SMILES string of the molecule is Cc1cccc(C)c1OCCNC(=O)c1cc(Cl)ccc1-n1cnnn1. The summed E-state index contributed by atoms with van der Waals surface area (Å²) in [4.78, 5) is 12.6. The Morgan fingerprint density at radius 1 is 1.23 bits per heavy atom. The van der Waals surface area contributed by atoms with Gasteiger partial charge in [0.05, 0.1) is 17.8 Å². The Kier molecular flexibility index (Phi) is 5.48. The van der Waals surface area contributed by atoms with Gasteiger partial charge in [0.1, 0.15) is 18.7 Å². The lowest BCUT2D eigenvalue weighted by Crippen LogP contribution is -2.29.